The molecular weight excluding hydrogens is 344 g/mol. The van der Waals surface area contributed by atoms with E-state index in [4.69, 9.17) is 0 Å². The van der Waals surface area contributed by atoms with Crippen molar-refractivity contribution in [3.8, 4) is 0 Å². The minimum absolute atomic E-state index is 0.0152. The minimum atomic E-state index is 0.0152. The molecule has 0 aliphatic heterocycles. The number of hydrogen-bond acceptors (Lipinski definition) is 2. The zero-order valence-corrected chi connectivity index (χ0v) is 15.2. The molecule has 132 valence electrons. The van der Waals surface area contributed by atoms with E-state index in [1.807, 2.05) is 48.5 Å². The lowest BCUT2D eigenvalue weighted by atomic mass is 10.0. The van der Waals surface area contributed by atoms with Crippen molar-refractivity contribution < 1.29 is 9.59 Å². The molecule has 0 fully saturated rings. The highest BCUT2D eigenvalue weighted by molar-refractivity contribution is 6.23. The number of hydrogen-bond donors (Lipinski definition) is 0. The van der Waals surface area contributed by atoms with Gasteiger partial charge in [0.2, 0.25) is 0 Å². The molecule has 0 radical (unpaired) electrons. The normalized spacial score (nSPS) is 18.1. The Labute approximate surface area is 162 Å². The lowest BCUT2D eigenvalue weighted by Gasteiger charge is -2.01. The van der Waals surface area contributed by atoms with Crippen molar-refractivity contribution in [2.45, 2.75) is 12.8 Å². The van der Waals surface area contributed by atoms with Crippen LogP contribution in [-0.2, 0) is 12.8 Å². The lowest BCUT2D eigenvalue weighted by molar-refractivity contribution is 0.100. The fourth-order valence-corrected chi connectivity index (χ4v) is 4.64. The Balaban J connectivity index is 1.49. The van der Waals surface area contributed by atoms with Gasteiger partial charge in [-0.1, -0.05) is 60.7 Å². The molecule has 2 nitrogen and oxygen atoms in total. The van der Waals surface area contributed by atoms with Crippen LogP contribution in [0.3, 0.4) is 0 Å². The van der Waals surface area contributed by atoms with Crippen molar-refractivity contribution in [2.24, 2.45) is 0 Å². The summed E-state index contributed by atoms with van der Waals surface area (Å²) in [5, 5.41) is 4.39. The highest BCUT2D eigenvalue weighted by Crippen LogP contribution is 2.37. The molecule has 0 atom stereocenters. The molecule has 0 spiro atoms. The van der Waals surface area contributed by atoms with Crippen molar-refractivity contribution in [1.29, 1.82) is 0 Å². The second-order valence-corrected chi connectivity index (χ2v) is 7.68. The first-order chi connectivity index (χ1) is 13.7. The van der Waals surface area contributed by atoms with Crippen LogP contribution in [0.25, 0.3) is 21.5 Å². The van der Waals surface area contributed by atoms with E-state index in [-0.39, 0.29) is 11.6 Å². The number of carbonyl (C=O) groups is 2. The molecule has 0 saturated carbocycles. The van der Waals surface area contributed by atoms with Gasteiger partial charge >= 0.3 is 0 Å². The number of ketones is 2. The van der Waals surface area contributed by atoms with Crippen LogP contribution >= 0.6 is 0 Å². The summed E-state index contributed by atoms with van der Waals surface area (Å²) in [7, 11) is 0. The molecule has 2 heteroatoms. The molecule has 0 unspecified atom stereocenters. The lowest BCUT2D eigenvalue weighted by Crippen LogP contribution is -2.05. The molecular formula is C26H16O2. The summed E-state index contributed by atoms with van der Waals surface area (Å²) in [5.74, 6) is 0.0305. The zero-order chi connectivity index (χ0) is 18.8. The Bertz CT molecular complexity index is 1280. The van der Waals surface area contributed by atoms with Gasteiger partial charge in [0.05, 0.1) is 0 Å². The van der Waals surface area contributed by atoms with E-state index in [9.17, 15) is 9.59 Å². The largest absolute Gasteiger partial charge is 0.289 e. The summed E-state index contributed by atoms with van der Waals surface area (Å²) in [6.45, 7) is 0. The van der Waals surface area contributed by atoms with Gasteiger partial charge in [-0.3, -0.25) is 9.59 Å². The van der Waals surface area contributed by atoms with Crippen LogP contribution in [0.2, 0.25) is 0 Å². The average molecular weight is 360 g/mol. The molecule has 28 heavy (non-hydrogen) atoms. The van der Waals surface area contributed by atoms with Gasteiger partial charge in [0.25, 0.3) is 0 Å². The summed E-state index contributed by atoms with van der Waals surface area (Å²) in [6, 6.07) is 24.3. The number of allylic oxidation sites excluding steroid dienone is 2. The number of rotatable bonds is 0. The van der Waals surface area contributed by atoms with Crippen molar-refractivity contribution in [1.82, 2.24) is 0 Å². The van der Waals surface area contributed by atoms with Gasteiger partial charge in [-0.2, -0.15) is 0 Å². The number of fused-ring (bicyclic) bond motifs is 4. The van der Waals surface area contributed by atoms with Crippen LogP contribution in [0.1, 0.15) is 31.8 Å². The topological polar surface area (TPSA) is 34.1 Å². The fraction of sp³-hybridized carbons (Fsp3) is 0.0769. The van der Waals surface area contributed by atoms with E-state index in [1.165, 1.54) is 0 Å². The van der Waals surface area contributed by atoms with Gasteiger partial charge in [0.1, 0.15) is 0 Å². The Morgan fingerprint density at radius 2 is 0.857 bits per heavy atom. The van der Waals surface area contributed by atoms with Crippen LogP contribution in [0.4, 0.5) is 0 Å². The first-order valence-corrected chi connectivity index (χ1v) is 9.54. The third kappa shape index (κ3) is 2.09. The maximum Gasteiger partial charge on any atom is 0.190 e. The van der Waals surface area contributed by atoms with Gasteiger partial charge in [0.15, 0.2) is 11.6 Å². The van der Waals surface area contributed by atoms with Crippen molar-refractivity contribution >= 4 is 33.1 Å². The Morgan fingerprint density at radius 3 is 1.25 bits per heavy atom. The van der Waals surface area contributed by atoms with Crippen molar-refractivity contribution in [3.05, 3.63) is 106 Å². The predicted octanol–water partition coefficient (Wildman–Crippen LogP) is 5.47. The monoisotopic (exact) mass is 360 g/mol. The van der Waals surface area contributed by atoms with E-state index < -0.39 is 0 Å². The second-order valence-electron chi connectivity index (χ2n) is 7.68. The smallest absolute Gasteiger partial charge is 0.190 e. The first kappa shape index (κ1) is 15.5. The summed E-state index contributed by atoms with van der Waals surface area (Å²) < 4.78 is 0. The van der Waals surface area contributed by atoms with Crippen LogP contribution < -0.4 is 0 Å². The molecule has 6 rings (SSSR count). The molecule has 2 aliphatic rings. The standard InChI is InChI=1S/C26H16O2/c27-25-21-11-17-7-3-1-5-15(17)9-19(21)13-23(25)24-14-20-10-16-6-2-4-8-18(16)12-22(20)26(24)28/h1-12H,13-14H2/b24-23+. The minimum Gasteiger partial charge on any atom is -0.289 e. The van der Waals surface area contributed by atoms with E-state index in [0.29, 0.717) is 24.0 Å². The SMILES string of the molecule is O=C1/C(=C2\Cc3cc4ccccc4cc3C2=O)Cc2cc3ccccc3cc21. The summed E-state index contributed by atoms with van der Waals surface area (Å²) >= 11 is 0. The number of Topliss-reactive ketones (excluding diaryl/α,β-unsaturated/α-hetero) is 2. The Hall–Kier alpha value is -3.52. The van der Waals surface area contributed by atoms with Crippen LogP contribution in [0.15, 0.2) is 83.9 Å². The van der Waals surface area contributed by atoms with E-state index in [1.54, 1.807) is 0 Å². The Kier molecular flexibility index (Phi) is 3.05. The van der Waals surface area contributed by atoms with Crippen LogP contribution in [0.5, 0.6) is 0 Å². The van der Waals surface area contributed by atoms with Gasteiger partial charge in [-0.15, -0.1) is 0 Å². The highest BCUT2D eigenvalue weighted by Gasteiger charge is 2.34. The molecule has 0 bridgehead atoms. The maximum atomic E-state index is 13.1. The van der Waals surface area contributed by atoms with Gasteiger partial charge in [0, 0.05) is 35.1 Å². The summed E-state index contributed by atoms with van der Waals surface area (Å²) in [4.78, 5) is 26.3. The van der Waals surface area contributed by atoms with E-state index in [2.05, 4.69) is 24.3 Å². The first-order valence-electron chi connectivity index (χ1n) is 9.54. The van der Waals surface area contributed by atoms with Crippen molar-refractivity contribution in [2.75, 3.05) is 0 Å². The number of benzene rings is 4. The second kappa shape index (κ2) is 5.49. The van der Waals surface area contributed by atoms with E-state index in [0.717, 1.165) is 43.8 Å². The molecule has 0 saturated heterocycles. The van der Waals surface area contributed by atoms with Gasteiger partial charge < -0.3 is 0 Å². The van der Waals surface area contributed by atoms with Crippen LogP contribution in [-0.4, -0.2) is 11.6 Å². The van der Waals surface area contributed by atoms with Crippen molar-refractivity contribution in [3.63, 3.8) is 0 Å². The fourth-order valence-electron chi connectivity index (χ4n) is 4.64. The summed E-state index contributed by atoms with van der Waals surface area (Å²) in [5.41, 5.74) is 4.90. The molecule has 0 heterocycles. The predicted molar refractivity (Wildman–Crippen MR) is 111 cm³/mol. The zero-order valence-electron chi connectivity index (χ0n) is 15.2. The molecule has 4 aromatic rings. The third-order valence-corrected chi connectivity index (χ3v) is 6.08. The Morgan fingerprint density at radius 1 is 0.500 bits per heavy atom. The molecule has 0 amide bonds. The van der Waals surface area contributed by atoms with E-state index >= 15 is 0 Å². The maximum absolute atomic E-state index is 13.1. The highest BCUT2D eigenvalue weighted by atomic mass is 16.1. The van der Waals surface area contributed by atoms with Gasteiger partial charge in [-0.05, 0) is 44.8 Å². The number of carbonyl (C=O) groups excluding carboxylic acids is 2. The third-order valence-electron chi connectivity index (χ3n) is 6.08. The molecule has 0 aromatic heterocycles. The molecule has 4 aromatic carbocycles. The quantitative estimate of drug-likeness (QED) is 0.390. The molecule has 2 aliphatic carbocycles. The summed E-state index contributed by atoms with van der Waals surface area (Å²) in [6.07, 6.45) is 1.10. The van der Waals surface area contributed by atoms with Crippen LogP contribution in [0, 0.1) is 0 Å². The van der Waals surface area contributed by atoms with Gasteiger partial charge in [-0.25, -0.2) is 0 Å². The average Bonchev–Trinajstić information content (AvgIpc) is 3.21. The molecule has 0 N–H and O–H groups in total.